The van der Waals surface area contributed by atoms with E-state index in [0.717, 1.165) is 11.1 Å². The molecule has 4 aromatic carbocycles. The second-order valence-corrected chi connectivity index (χ2v) is 11.8. The summed E-state index contributed by atoms with van der Waals surface area (Å²) in [6, 6.07) is 31.9. The van der Waals surface area contributed by atoms with Gasteiger partial charge in [0.2, 0.25) is 10.0 Å². The minimum Gasteiger partial charge on any atom is -0.462 e. The van der Waals surface area contributed by atoms with Crippen LogP contribution in [0.3, 0.4) is 0 Å². The van der Waals surface area contributed by atoms with Crippen LogP contribution in [0, 0.1) is 0 Å². The Labute approximate surface area is 242 Å². The van der Waals surface area contributed by atoms with Crippen molar-refractivity contribution >= 4 is 37.8 Å². The number of amides is 1. The summed E-state index contributed by atoms with van der Waals surface area (Å²) in [5.74, 6) is -1.04. The van der Waals surface area contributed by atoms with E-state index in [4.69, 9.17) is 4.74 Å². The van der Waals surface area contributed by atoms with Crippen LogP contribution in [0.5, 0.6) is 0 Å². The monoisotopic (exact) mass is 620 g/mol. The minimum atomic E-state index is -4.04. The third kappa shape index (κ3) is 8.61. The summed E-state index contributed by atoms with van der Waals surface area (Å²) in [7, 11) is -4.04. The van der Waals surface area contributed by atoms with Gasteiger partial charge in [0, 0.05) is 10.0 Å². The Balaban J connectivity index is 1.52. The second-order valence-electron chi connectivity index (χ2n) is 9.18. The Hall–Kier alpha value is -3.79. The molecule has 4 rings (SSSR count). The van der Waals surface area contributed by atoms with Gasteiger partial charge in [0.25, 0.3) is 5.91 Å². The van der Waals surface area contributed by atoms with Crippen LogP contribution in [-0.4, -0.2) is 39.0 Å². The van der Waals surface area contributed by atoms with Crippen LogP contribution in [0.25, 0.3) is 0 Å². The molecule has 1 amide bonds. The van der Waals surface area contributed by atoms with Crippen molar-refractivity contribution in [2.75, 3.05) is 6.61 Å². The molecule has 206 valence electrons. The van der Waals surface area contributed by atoms with Gasteiger partial charge in [-0.05, 0) is 54.3 Å². The summed E-state index contributed by atoms with van der Waals surface area (Å²) in [6.07, 6.45) is 0.506. The van der Waals surface area contributed by atoms with Gasteiger partial charge in [-0.2, -0.15) is 4.72 Å². The van der Waals surface area contributed by atoms with Crippen molar-refractivity contribution in [3.8, 4) is 0 Å². The summed E-state index contributed by atoms with van der Waals surface area (Å²) in [5, 5.41) is 2.95. The first-order valence-electron chi connectivity index (χ1n) is 12.7. The van der Waals surface area contributed by atoms with Crippen molar-refractivity contribution in [3.05, 3.63) is 136 Å². The van der Waals surface area contributed by atoms with Gasteiger partial charge < -0.3 is 10.1 Å². The molecule has 0 heterocycles. The smallest absolute Gasteiger partial charge is 0.324 e. The first-order valence-corrected chi connectivity index (χ1v) is 15.0. The van der Waals surface area contributed by atoms with Gasteiger partial charge in [0.15, 0.2) is 0 Å². The fourth-order valence-electron chi connectivity index (χ4n) is 4.10. The van der Waals surface area contributed by atoms with E-state index in [-0.39, 0.29) is 23.8 Å². The molecular weight excluding hydrogens is 592 g/mol. The number of hydrogen-bond donors (Lipinski definition) is 2. The molecule has 0 aliphatic carbocycles. The normalized spacial score (nSPS) is 12.7. The van der Waals surface area contributed by atoms with E-state index in [0.29, 0.717) is 16.5 Å². The van der Waals surface area contributed by atoms with Crippen molar-refractivity contribution in [2.45, 2.75) is 29.8 Å². The summed E-state index contributed by atoms with van der Waals surface area (Å²) in [6.45, 7) is -0.143. The lowest BCUT2D eigenvalue weighted by Crippen LogP contribution is -2.46. The van der Waals surface area contributed by atoms with Crippen molar-refractivity contribution in [1.29, 1.82) is 0 Å². The number of carbonyl (C=O) groups excluding carboxylic acids is 2. The number of benzene rings is 4. The van der Waals surface area contributed by atoms with Gasteiger partial charge in [0.1, 0.15) is 12.6 Å². The molecule has 0 aliphatic heterocycles. The highest BCUT2D eigenvalue weighted by Crippen LogP contribution is 2.17. The second kappa shape index (κ2) is 14.0. The van der Waals surface area contributed by atoms with Crippen molar-refractivity contribution in [1.82, 2.24) is 10.0 Å². The van der Waals surface area contributed by atoms with E-state index >= 15 is 0 Å². The van der Waals surface area contributed by atoms with E-state index < -0.39 is 28.1 Å². The third-order valence-corrected chi connectivity index (χ3v) is 8.06. The van der Waals surface area contributed by atoms with Crippen LogP contribution in [0.4, 0.5) is 0 Å². The van der Waals surface area contributed by atoms with Crippen LogP contribution in [0.15, 0.2) is 125 Å². The molecule has 0 unspecified atom stereocenters. The van der Waals surface area contributed by atoms with Crippen molar-refractivity contribution in [2.24, 2.45) is 0 Å². The van der Waals surface area contributed by atoms with Gasteiger partial charge >= 0.3 is 5.97 Å². The molecule has 0 saturated heterocycles. The number of esters is 1. The molecule has 4 aromatic rings. The Morgan fingerprint density at radius 3 is 1.93 bits per heavy atom. The van der Waals surface area contributed by atoms with E-state index in [1.165, 1.54) is 12.1 Å². The Morgan fingerprint density at radius 1 is 0.750 bits per heavy atom. The third-order valence-electron chi connectivity index (χ3n) is 6.09. The average molecular weight is 622 g/mol. The van der Waals surface area contributed by atoms with Crippen LogP contribution in [0.1, 0.15) is 21.5 Å². The molecule has 2 atom stereocenters. The summed E-state index contributed by atoms with van der Waals surface area (Å²) < 4.78 is 35.1. The maximum absolute atomic E-state index is 13.4. The number of ether oxygens (including phenoxy) is 1. The molecule has 9 heteroatoms. The summed E-state index contributed by atoms with van der Waals surface area (Å²) in [5.41, 5.74) is 2.20. The zero-order valence-corrected chi connectivity index (χ0v) is 24.0. The molecule has 0 aromatic heterocycles. The highest BCUT2D eigenvalue weighted by atomic mass is 79.9. The standard InChI is InChI=1S/C31H29BrN2O5S/c32-26-17-10-18-28(21-26)40(37,38)34-29(20-24-13-6-2-7-14-24)31(36)39-22-27(19-23-11-4-1-5-12-23)33-30(35)25-15-8-3-9-16-25/h1-18,21,27,29,34H,19-20,22H2,(H,33,35)/t27-,29-/m0/s1. The number of carbonyl (C=O) groups is 2. The fraction of sp³-hybridized carbons (Fsp3) is 0.161. The number of halogens is 1. The maximum Gasteiger partial charge on any atom is 0.324 e. The molecule has 2 N–H and O–H groups in total. The predicted molar refractivity (Wildman–Crippen MR) is 157 cm³/mol. The summed E-state index contributed by atoms with van der Waals surface area (Å²) >= 11 is 3.29. The van der Waals surface area contributed by atoms with Crippen molar-refractivity contribution in [3.63, 3.8) is 0 Å². The topological polar surface area (TPSA) is 102 Å². The molecular formula is C31H29BrN2O5S. The van der Waals surface area contributed by atoms with E-state index in [1.54, 1.807) is 36.4 Å². The molecule has 0 bridgehead atoms. The first-order chi connectivity index (χ1) is 19.3. The Kier molecular flexibility index (Phi) is 10.2. The lowest BCUT2D eigenvalue weighted by atomic mass is 10.1. The zero-order valence-electron chi connectivity index (χ0n) is 21.6. The molecule has 0 aliphatic rings. The molecule has 7 nitrogen and oxygen atoms in total. The number of sulfonamides is 1. The Morgan fingerprint density at radius 2 is 1.32 bits per heavy atom. The van der Waals surface area contributed by atoms with Gasteiger partial charge in [0.05, 0.1) is 10.9 Å². The van der Waals surface area contributed by atoms with Crippen LogP contribution in [0.2, 0.25) is 0 Å². The maximum atomic E-state index is 13.4. The quantitative estimate of drug-likeness (QED) is 0.219. The molecule has 0 saturated carbocycles. The number of rotatable bonds is 12. The zero-order chi connectivity index (χ0) is 28.4. The fourth-order valence-corrected chi connectivity index (χ4v) is 5.89. The summed E-state index contributed by atoms with van der Waals surface area (Å²) in [4.78, 5) is 26.3. The van der Waals surface area contributed by atoms with E-state index in [2.05, 4.69) is 26.0 Å². The minimum absolute atomic E-state index is 0.0183. The lowest BCUT2D eigenvalue weighted by molar-refractivity contribution is -0.146. The van der Waals surface area contributed by atoms with E-state index in [1.807, 2.05) is 66.7 Å². The Bertz CT molecular complexity index is 1520. The number of nitrogens with one attached hydrogen (secondary N) is 2. The highest BCUT2D eigenvalue weighted by Gasteiger charge is 2.28. The molecule has 0 fully saturated rings. The lowest BCUT2D eigenvalue weighted by Gasteiger charge is -2.22. The van der Waals surface area contributed by atoms with Gasteiger partial charge in [-0.15, -0.1) is 0 Å². The SMILES string of the molecule is O=C(N[C@H](COC(=O)[C@H](Cc1ccccc1)NS(=O)(=O)c1cccc(Br)c1)Cc1ccccc1)c1ccccc1. The molecule has 0 radical (unpaired) electrons. The molecule has 0 spiro atoms. The van der Waals surface area contributed by atoms with Crippen LogP contribution in [-0.2, 0) is 32.4 Å². The highest BCUT2D eigenvalue weighted by molar-refractivity contribution is 9.10. The van der Waals surface area contributed by atoms with Gasteiger partial charge in [-0.1, -0.05) is 101 Å². The first kappa shape index (κ1) is 29.2. The van der Waals surface area contributed by atoms with Crippen LogP contribution < -0.4 is 10.0 Å². The number of hydrogen-bond acceptors (Lipinski definition) is 5. The van der Waals surface area contributed by atoms with Gasteiger partial charge in [-0.25, -0.2) is 8.42 Å². The van der Waals surface area contributed by atoms with Crippen molar-refractivity contribution < 1.29 is 22.7 Å². The van der Waals surface area contributed by atoms with Gasteiger partial charge in [-0.3, -0.25) is 9.59 Å². The van der Waals surface area contributed by atoms with Crippen LogP contribution >= 0.6 is 15.9 Å². The van der Waals surface area contributed by atoms with E-state index in [9.17, 15) is 18.0 Å². The average Bonchev–Trinajstić information content (AvgIpc) is 2.97. The predicted octanol–water partition coefficient (Wildman–Crippen LogP) is 4.92. The molecule has 40 heavy (non-hydrogen) atoms. The largest absolute Gasteiger partial charge is 0.462 e.